The predicted octanol–water partition coefficient (Wildman–Crippen LogP) is 2.58. The summed E-state index contributed by atoms with van der Waals surface area (Å²) in [5.74, 6) is 2.77. The standard InChI is InChI=1S/C20H24N6/c1-14-24-18-8-10-21-9-7-17(18)20(25-14)23-13-16-5-3-4-6-19(16)26-12-11-22-15(26)2/h3-6,11-12,21H,7-10,13H2,1-2H3,(H,23,24,25). The molecule has 6 nitrogen and oxygen atoms in total. The van der Waals surface area contributed by atoms with Crippen molar-refractivity contribution in [2.24, 2.45) is 0 Å². The minimum Gasteiger partial charge on any atom is -0.366 e. The maximum Gasteiger partial charge on any atom is 0.133 e. The molecule has 0 unspecified atom stereocenters. The van der Waals surface area contributed by atoms with E-state index < -0.39 is 0 Å². The van der Waals surface area contributed by atoms with Crippen LogP contribution in [0.5, 0.6) is 0 Å². The topological polar surface area (TPSA) is 67.7 Å². The molecular weight excluding hydrogens is 324 g/mol. The van der Waals surface area contributed by atoms with Gasteiger partial charge in [0, 0.05) is 37.5 Å². The number of nitrogens with zero attached hydrogens (tertiary/aromatic N) is 4. The fraction of sp³-hybridized carbons (Fsp3) is 0.350. The Morgan fingerprint density at radius 1 is 1.12 bits per heavy atom. The highest BCUT2D eigenvalue weighted by molar-refractivity contribution is 5.50. The molecule has 3 aromatic rings. The second-order valence-corrected chi connectivity index (χ2v) is 6.62. The van der Waals surface area contributed by atoms with E-state index in [1.54, 1.807) is 0 Å². The number of imidazole rings is 1. The molecule has 0 saturated carbocycles. The van der Waals surface area contributed by atoms with E-state index >= 15 is 0 Å². The summed E-state index contributed by atoms with van der Waals surface area (Å²) in [4.78, 5) is 13.7. The minimum atomic E-state index is 0.712. The monoisotopic (exact) mass is 348 g/mol. The molecule has 0 bridgehead atoms. The number of aryl methyl sites for hydroxylation is 2. The van der Waals surface area contributed by atoms with Gasteiger partial charge in [-0.2, -0.15) is 0 Å². The van der Waals surface area contributed by atoms with Crippen molar-refractivity contribution in [1.82, 2.24) is 24.8 Å². The number of para-hydroxylation sites is 1. The van der Waals surface area contributed by atoms with Crippen LogP contribution in [0.2, 0.25) is 0 Å². The van der Waals surface area contributed by atoms with Gasteiger partial charge in [0.05, 0.1) is 11.4 Å². The molecule has 4 rings (SSSR count). The molecule has 6 heteroatoms. The Morgan fingerprint density at radius 3 is 2.81 bits per heavy atom. The molecule has 0 aliphatic carbocycles. The number of nitrogens with one attached hydrogen (secondary N) is 2. The molecule has 26 heavy (non-hydrogen) atoms. The van der Waals surface area contributed by atoms with Gasteiger partial charge < -0.3 is 15.2 Å². The number of anilines is 1. The largest absolute Gasteiger partial charge is 0.366 e. The molecule has 3 heterocycles. The first-order chi connectivity index (χ1) is 12.7. The van der Waals surface area contributed by atoms with Crippen molar-refractivity contribution in [2.45, 2.75) is 33.2 Å². The number of fused-ring (bicyclic) bond motifs is 1. The number of aromatic nitrogens is 4. The van der Waals surface area contributed by atoms with Gasteiger partial charge in [-0.3, -0.25) is 0 Å². The van der Waals surface area contributed by atoms with E-state index in [-0.39, 0.29) is 0 Å². The van der Waals surface area contributed by atoms with Crippen molar-refractivity contribution in [3.63, 3.8) is 0 Å². The van der Waals surface area contributed by atoms with Gasteiger partial charge >= 0.3 is 0 Å². The fourth-order valence-corrected chi connectivity index (χ4v) is 3.52. The Hall–Kier alpha value is -2.73. The smallest absolute Gasteiger partial charge is 0.133 e. The summed E-state index contributed by atoms with van der Waals surface area (Å²) in [6.07, 6.45) is 5.75. The molecular formula is C20H24N6. The number of hydrogen-bond donors (Lipinski definition) is 2. The SMILES string of the molecule is Cc1nc2c(c(NCc3ccccc3-n3ccnc3C)n1)CCNCC2. The first-order valence-corrected chi connectivity index (χ1v) is 9.11. The highest BCUT2D eigenvalue weighted by Gasteiger charge is 2.16. The lowest BCUT2D eigenvalue weighted by molar-refractivity contribution is 0.708. The normalized spacial score (nSPS) is 13.9. The highest BCUT2D eigenvalue weighted by Crippen LogP contribution is 2.22. The Balaban J connectivity index is 1.63. The molecule has 0 fully saturated rings. The molecule has 0 radical (unpaired) electrons. The predicted molar refractivity (Wildman–Crippen MR) is 103 cm³/mol. The van der Waals surface area contributed by atoms with Crippen LogP contribution in [-0.4, -0.2) is 32.6 Å². The zero-order chi connectivity index (χ0) is 17.9. The molecule has 134 valence electrons. The van der Waals surface area contributed by atoms with Crippen molar-refractivity contribution >= 4 is 5.82 Å². The van der Waals surface area contributed by atoms with E-state index in [4.69, 9.17) is 0 Å². The first kappa shape index (κ1) is 16.7. The van der Waals surface area contributed by atoms with E-state index in [0.717, 1.165) is 49.1 Å². The molecule has 1 aliphatic rings. The van der Waals surface area contributed by atoms with Gasteiger partial charge in [0.2, 0.25) is 0 Å². The summed E-state index contributed by atoms with van der Waals surface area (Å²) in [6, 6.07) is 8.41. The molecule has 0 atom stereocenters. The maximum absolute atomic E-state index is 4.68. The lowest BCUT2D eigenvalue weighted by Gasteiger charge is -2.16. The van der Waals surface area contributed by atoms with Gasteiger partial charge in [0.15, 0.2) is 0 Å². The van der Waals surface area contributed by atoms with Gasteiger partial charge in [-0.15, -0.1) is 0 Å². The Labute approximate surface area is 153 Å². The van der Waals surface area contributed by atoms with Gasteiger partial charge in [-0.1, -0.05) is 18.2 Å². The molecule has 0 spiro atoms. The third-order valence-electron chi connectivity index (χ3n) is 4.82. The second kappa shape index (κ2) is 7.25. The minimum absolute atomic E-state index is 0.712. The van der Waals surface area contributed by atoms with E-state index in [2.05, 4.69) is 54.4 Å². The summed E-state index contributed by atoms with van der Waals surface area (Å²) < 4.78 is 2.12. The zero-order valence-electron chi connectivity index (χ0n) is 15.3. The molecule has 2 N–H and O–H groups in total. The van der Waals surface area contributed by atoms with E-state index in [9.17, 15) is 0 Å². The third kappa shape index (κ3) is 3.32. The maximum atomic E-state index is 4.68. The third-order valence-corrected chi connectivity index (χ3v) is 4.82. The van der Waals surface area contributed by atoms with Gasteiger partial charge in [0.1, 0.15) is 17.5 Å². The van der Waals surface area contributed by atoms with Crippen molar-refractivity contribution in [3.8, 4) is 5.69 Å². The van der Waals surface area contributed by atoms with Crippen molar-refractivity contribution in [1.29, 1.82) is 0 Å². The highest BCUT2D eigenvalue weighted by atomic mass is 15.1. The van der Waals surface area contributed by atoms with Crippen LogP contribution in [0.1, 0.15) is 28.5 Å². The Kier molecular flexibility index (Phi) is 4.67. The van der Waals surface area contributed by atoms with E-state index in [0.29, 0.717) is 6.54 Å². The number of hydrogen-bond acceptors (Lipinski definition) is 5. The van der Waals surface area contributed by atoms with Crippen LogP contribution in [-0.2, 0) is 19.4 Å². The summed E-state index contributed by atoms with van der Waals surface area (Å²) in [6.45, 7) is 6.64. The second-order valence-electron chi connectivity index (χ2n) is 6.62. The number of rotatable bonds is 4. The van der Waals surface area contributed by atoms with Gasteiger partial charge in [-0.05, 0) is 38.4 Å². The Morgan fingerprint density at radius 2 is 1.96 bits per heavy atom. The summed E-state index contributed by atoms with van der Waals surface area (Å²) >= 11 is 0. The molecule has 2 aromatic heterocycles. The molecule has 1 aliphatic heterocycles. The van der Waals surface area contributed by atoms with Crippen LogP contribution in [0, 0.1) is 13.8 Å². The average molecular weight is 348 g/mol. The van der Waals surface area contributed by atoms with Crippen LogP contribution < -0.4 is 10.6 Å². The quantitative estimate of drug-likeness (QED) is 0.758. The van der Waals surface area contributed by atoms with Crippen LogP contribution in [0.25, 0.3) is 5.69 Å². The molecule has 1 aromatic carbocycles. The Bertz CT molecular complexity index is 914. The van der Waals surface area contributed by atoms with Crippen LogP contribution in [0.4, 0.5) is 5.82 Å². The van der Waals surface area contributed by atoms with E-state index in [1.807, 2.05) is 26.2 Å². The zero-order valence-corrected chi connectivity index (χ0v) is 15.3. The molecule has 0 amide bonds. The molecule has 0 saturated heterocycles. The van der Waals surface area contributed by atoms with Crippen LogP contribution in [0.3, 0.4) is 0 Å². The van der Waals surface area contributed by atoms with Crippen molar-refractivity contribution in [3.05, 3.63) is 65.1 Å². The van der Waals surface area contributed by atoms with Gasteiger partial charge in [0.25, 0.3) is 0 Å². The van der Waals surface area contributed by atoms with Crippen LogP contribution >= 0.6 is 0 Å². The average Bonchev–Trinajstić information content (AvgIpc) is 2.92. The lowest BCUT2D eigenvalue weighted by Crippen LogP contribution is -2.16. The number of benzene rings is 1. The fourth-order valence-electron chi connectivity index (χ4n) is 3.52. The summed E-state index contributed by atoms with van der Waals surface area (Å²) in [5, 5.41) is 7.01. The van der Waals surface area contributed by atoms with Crippen LogP contribution in [0.15, 0.2) is 36.7 Å². The lowest BCUT2D eigenvalue weighted by atomic mass is 10.1. The summed E-state index contributed by atoms with van der Waals surface area (Å²) in [7, 11) is 0. The van der Waals surface area contributed by atoms with Crippen molar-refractivity contribution in [2.75, 3.05) is 18.4 Å². The first-order valence-electron chi connectivity index (χ1n) is 9.11. The van der Waals surface area contributed by atoms with E-state index in [1.165, 1.54) is 16.8 Å². The van der Waals surface area contributed by atoms with Gasteiger partial charge in [-0.25, -0.2) is 15.0 Å². The van der Waals surface area contributed by atoms with Crippen molar-refractivity contribution < 1.29 is 0 Å². The summed E-state index contributed by atoms with van der Waals surface area (Å²) in [5.41, 5.74) is 4.78.